The number of amides is 1. The number of fused-ring (bicyclic) bond motifs is 2. The van der Waals surface area contributed by atoms with E-state index in [4.69, 9.17) is 4.74 Å². The van der Waals surface area contributed by atoms with E-state index >= 15 is 4.79 Å². The molecule has 2 N–H and O–H groups in total. The number of hydrogen-bond donors (Lipinski definition) is 2. The zero-order valence-electron chi connectivity index (χ0n) is 26.1. The van der Waals surface area contributed by atoms with Crippen LogP contribution in [0.3, 0.4) is 0 Å². The number of nitrogens with zero attached hydrogens (tertiary/aromatic N) is 1. The summed E-state index contributed by atoms with van der Waals surface area (Å²) in [6, 6.07) is 32.0. The number of ether oxygens (including phenoxy) is 1. The van der Waals surface area contributed by atoms with Crippen molar-refractivity contribution in [2.24, 2.45) is 5.41 Å². The van der Waals surface area contributed by atoms with E-state index in [1.54, 1.807) is 7.11 Å². The van der Waals surface area contributed by atoms with E-state index < -0.39 is 5.41 Å². The third-order valence-corrected chi connectivity index (χ3v) is 9.25. The molecule has 7 rings (SSSR count). The number of methoxy groups -OCH3 is 1. The molecule has 5 aromatic rings. The lowest BCUT2D eigenvalue weighted by atomic mass is 9.62. The number of aromatic nitrogens is 1. The molecule has 45 heavy (non-hydrogen) atoms. The Morgan fingerprint density at radius 1 is 0.844 bits per heavy atom. The molecule has 226 valence electrons. The zero-order valence-corrected chi connectivity index (χ0v) is 26.1. The van der Waals surface area contributed by atoms with E-state index in [1.165, 1.54) is 0 Å². The third kappa shape index (κ3) is 4.72. The van der Waals surface area contributed by atoms with Gasteiger partial charge in [0.2, 0.25) is 5.91 Å². The van der Waals surface area contributed by atoms with E-state index in [1.807, 2.05) is 83.9 Å². The van der Waals surface area contributed by atoms with E-state index in [-0.39, 0.29) is 17.1 Å². The molecule has 0 fully saturated rings. The van der Waals surface area contributed by atoms with Crippen LogP contribution in [0.5, 0.6) is 5.75 Å². The van der Waals surface area contributed by atoms with Crippen molar-refractivity contribution < 1.29 is 14.3 Å². The molecule has 1 aliphatic heterocycles. The van der Waals surface area contributed by atoms with Crippen LogP contribution in [0.1, 0.15) is 48.9 Å². The highest BCUT2D eigenvalue weighted by Gasteiger charge is 2.59. The van der Waals surface area contributed by atoms with Crippen LogP contribution in [0.25, 0.3) is 10.9 Å². The lowest BCUT2D eigenvalue weighted by molar-refractivity contribution is -0.125. The molecule has 0 radical (unpaired) electrons. The van der Waals surface area contributed by atoms with Crippen LogP contribution in [0.15, 0.2) is 115 Å². The van der Waals surface area contributed by atoms with Crippen LogP contribution < -0.4 is 15.0 Å². The molecule has 6 heteroatoms. The first-order chi connectivity index (χ1) is 21.7. The van der Waals surface area contributed by atoms with Crippen molar-refractivity contribution in [1.82, 2.24) is 4.98 Å². The van der Waals surface area contributed by atoms with Gasteiger partial charge in [0.15, 0.2) is 5.78 Å². The van der Waals surface area contributed by atoms with Gasteiger partial charge < -0.3 is 19.9 Å². The number of Topliss-reactive ketones (excluding diaryl/α,β-unsaturated/α-hetero) is 1. The Bertz CT molecular complexity index is 1970. The Balaban J connectivity index is 1.52. The monoisotopic (exact) mass is 595 g/mol. The van der Waals surface area contributed by atoms with Crippen LogP contribution >= 0.6 is 0 Å². The van der Waals surface area contributed by atoms with Gasteiger partial charge in [-0.1, -0.05) is 80.1 Å². The molecule has 2 heterocycles. The van der Waals surface area contributed by atoms with E-state index in [0.29, 0.717) is 25.0 Å². The number of para-hydroxylation sites is 2. The van der Waals surface area contributed by atoms with Crippen LogP contribution in [0, 0.1) is 12.3 Å². The number of anilines is 2. The molecule has 1 atom stereocenters. The number of nitrogens with one attached hydrogen (secondary N) is 2. The minimum Gasteiger partial charge on any atom is -0.497 e. The normalized spacial score (nSPS) is 19.2. The summed E-state index contributed by atoms with van der Waals surface area (Å²) in [4.78, 5) is 35.4. The Morgan fingerprint density at radius 2 is 1.56 bits per heavy atom. The average Bonchev–Trinajstić information content (AvgIpc) is 3.56. The van der Waals surface area contributed by atoms with Gasteiger partial charge in [-0.25, -0.2) is 0 Å². The Hall–Kier alpha value is -5.10. The van der Waals surface area contributed by atoms with Gasteiger partial charge in [-0.05, 0) is 60.7 Å². The van der Waals surface area contributed by atoms with E-state index in [0.717, 1.165) is 56.0 Å². The quantitative estimate of drug-likeness (QED) is 0.200. The van der Waals surface area contributed by atoms with Crippen molar-refractivity contribution in [2.75, 3.05) is 17.3 Å². The van der Waals surface area contributed by atoms with Gasteiger partial charge >= 0.3 is 0 Å². The fourth-order valence-electron chi connectivity index (χ4n) is 7.22. The molecule has 0 bridgehead atoms. The van der Waals surface area contributed by atoms with E-state index in [9.17, 15) is 4.79 Å². The second-order valence-corrected chi connectivity index (χ2v) is 13.0. The minimum atomic E-state index is -1.36. The second-order valence-electron chi connectivity index (χ2n) is 13.0. The topological polar surface area (TPSA) is 74.4 Å². The average molecular weight is 596 g/mol. The molecule has 0 saturated heterocycles. The number of aryl methyl sites for hydroxylation is 1. The highest BCUT2D eigenvalue weighted by atomic mass is 16.5. The highest BCUT2D eigenvalue weighted by Crippen LogP contribution is 2.56. The first-order valence-electron chi connectivity index (χ1n) is 15.4. The molecule has 1 amide bonds. The first-order valence-corrected chi connectivity index (χ1v) is 15.4. The van der Waals surface area contributed by atoms with Crippen LogP contribution in [0.2, 0.25) is 0 Å². The number of benzene rings is 4. The Labute approximate surface area is 263 Å². The summed E-state index contributed by atoms with van der Waals surface area (Å²) in [5.74, 6) is 0.607. The summed E-state index contributed by atoms with van der Waals surface area (Å²) in [5.41, 5.74) is 6.02. The maximum absolute atomic E-state index is 15.5. The third-order valence-electron chi connectivity index (χ3n) is 9.25. The van der Waals surface area contributed by atoms with Crippen molar-refractivity contribution in [2.45, 2.75) is 45.6 Å². The number of hydrogen-bond acceptors (Lipinski definition) is 4. The molecule has 2 aliphatic rings. The van der Waals surface area contributed by atoms with E-state index in [2.05, 4.69) is 55.3 Å². The summed E-state index contributed by atoms with van der Waals surface area (Å²) in [7, 11) is 1.64. The molecule has 0 spiro atoms. The number of carbonyl (C=O) groups excluding carboxylic acids is 2. The van der Waals surface area contributed by atoms with Gasteiger partial charge in [-0.2, -0.15) is 0 Å². The summed E-state index contributed by atoms with van der Waals surface area (Å²) in [6.07, 6.45) is 2.88. The van der Waals surface area contributed by atoms with Gasteiger partial charge in [-0.15, -0.1) is 0 Å². The lowest BCUT2D eigenvalue weighted by Crippen LogP contribution is -2.47. The summed E-state index contributed by atoms with van der Waals surface area (Å²) in [6.45, 7) is 6.68. The number of ketones is 1. The zero-order chi connectivity index (χ0) is 31.3. The fourth-order valence-corrected chi connectivity index (χ4v) is 7.22. The van der Waals surface area contributed by atoms with Crippen molar-refractivity contribution in [3.05, 3.63) is 137 Å². The maximum atomic E-state index is 15.5. The SMILES string of the molecule is COc1ccc(NC2=C([C@@]3(c4c[nH]c5ccccc45)C(=O)N(Cc4ccc(C)cc4)c4ccccc43)C(=O)CC(C)(C)C2)cc1. The van der Waals surface area contributed by atoms with Gasteiger partial charge in [0, 0.05) is 57.3 Å². The summed E-state index contributed by atoms with van der Waals surface area (Å²) >= 11 is 0. The maximum Gasteiger partial charge on any atom is 0.247 e. The highest BCUT2D eigenvalue weighted by molar-refractivity contribution is 6.21. The summed E-state index contributed by atoms with van der Waals surface area (Å²) < 4.78 is 5.39. The Kier molecular flexibility index (Phi) is 6.88. The molecule has 1 aromatic heterocycles. The number of allylic oxidation sites excluding steroid dienone is 1. The van der Waals surface area contributed by atoms with Crippen molar-refractivity contribution in [3.8, 4) is 5.75 Å². The van der Waals surface area contributed by atoms with Crippen molar-refractivity contribution >= 4 is 34.0 Å². The van der Waals surface area contributed by atoms with Gasteiger partial charge in [0.1, 0.15) is 11.2 Å². The first kappa shape index (κ1) is 28.7. The van der Waals surface area contributed by atoms with Crippen molar-refractivity contribution in [1.29, 1.82) is 0 Å². The Morgan fingerprint density at radius 3 is 2.31 bits per heavy atom. The number of rotatable bonds is 7. The van der Waals surface area contributed by atoms with Crippen LogP contribution in [0.4, 0.5) is 11.4 Å². The predicted molar refractivity (Wildman–Crippen MR) is 180 cm³/mol. The number of carbonyl (C=O) groups is 2. The molecule has 1 aliphatic carbocycles. The van der Waals surface area contributed by atoms with Gasteiger partial charge in [0.05, 0.1) is 13.7 Å². The largest absolute Gasteiger partial charge is 0.497 e. The van der Waals surface area contributed by atoms with Crippen LogP contribution in [-0.4, -0.2) is 23.8 Å². The second kappa shape index (κ2) is 10.8. The number of H-pyrrole nitrogens is 1. The molecular formula is C39H37N3O3. The molecular weight excluding hydrogens is 558 g/mol. The summed E-state index contributed by atoms with van der Waals surface area (Å²) in [5, 5.41) is 4.55. The number of aromatic amines is 1. The molecule has 0 saturated carbocycles. The minimum absolute atomic E-state index is 0.0205. The lowest BCUT2D eigenvalue weighted by Gasteiger charge is -2.40. The van der Waals surface area contributed by atoms with Crippen molar-refractivity contribution in [3.63, 3.8) is 0 Å². The van der Waals surface area contributed by atoms with Crippen LogP contribution in [-0.2, 0) is 21.5 Å². The predicted octanol–water partition coefficient (Wildman–Crippen LogP) is 8.07. The van der Waals surface area contributed by atoms with Gasteiger partial charge in [0.25, 0.3) is 0 Å². The standard InChI is InChI=1S/C39H37N3O3/c1-25-13-15-26(16-14-25)24-42-34-12-8-6-10-30(34)39(37(42)44,31-23-40-32-11-7-5-9-29(31)32)36-33(21-38(2,3)22-35(36)43)41-27-17-19-28(45-4)20-18-27/h5-20,23,40-41H,21-22,24H2,1-4H3/t39-/m1/s1. The molecule has 0 unspecified atom stereocenters. The van der Waals surface area contributed by atoms with Gasteiger partial charge in [-0.3, -0.25) is 9.59 Å². The molecule has 4 aromatic carbocycles. The fraction of sp³-hybridized carbons (Fsp3) is 0.231. The smallest absolute Gasteiger partial charge is 0.247 e. The molecule has 6 nitrogen and oxygen atoms in total.